The number of anilines is 1. The molecule has 1 aromatic heterocycles. The van der Waals surface area contributed by atoms with Crippen LogP contribution in [0.25, 0.3) is 11.0 Å². The summed E-state index contributed by atoms with van der Waals surface area (Å²) in [5.74, 6) is 1.96. The summed E-state index contributed by atoms with van der Waals surface area (Å²) < 4.78 is 13.5. The first-order chi connectivity index (χ1) is 15.2. The monoisotopic (exact) mass is 434 g/mol. The first kappa shape index (κ1) is 20.8. The standard InChI is InChI=1S/C24H23ClN4O2/c1-3-29-21-11-7-6-10-20(21)27-24(29)28-26-15-17-12-13-22(23(14-17)30-2)31-16-18-8-4-5-9-19(18)25/h4-15H,3,16H2,1-2H3,(H,27,28)/b26-15-. The van der Waals surface area contributed by atoms with Crippen LogP contribution in [0.1, 0.15) is 18.1 Å². The van der Waals surface area contributed by atoms with Crippen LogP contribution in [0, 0.1) is 0 Å². The summed E-state index contributed by atoms with van der Waals surface area (Å²) in [4.78, 5) is 4.61. The van der Waals surface area contributed by atoms with Gasteiger partial charge in [0.15, 0.2) is 11.5 Å². The number of nitrogens with one attached hydrogen (secondary N) is 1. The number of rotatable bonds is 8. The molecule has 7 heteroatoms. The van der Waals surface area contributed by atoms with E-state index in [2.05, 4.69) is 27.0 Å². The maximum atomic E-state index is 6.20. The predicted molar refractivity (Wildman–Crippen MR) is 125 cm³/mol. The molecule has 4 aromatic rings. The fourth-order valence-electron chi connectivity index (χ4n) is 3.30. The minimum Gasteiger partial charge on any atom is -0.493 e. The van der Waals surface area contributed by atoms with Crippen LogP contribution in [0.3, 0.4) is 0 Å². The van der Waals surface area contributed by atoms with E-state index in [1.54, 1.807) is 13.3 Å². The average Bonchev–Trinajstić information content (AvgIpc) is 3.16. The van der Waals surface area contributed by atoms with Gasteiger partial charge in [-0.1, -0.05) is 41.9 Å². The number of aryl methyl sites for hydroxylation is 1. The van der Waals surface area contributed by atoms with E-state index in [0.29, 0.717) is 29.1 Å². The molecule has 0 aliphatic heterocycles. The number of para-hydroxylation sites is 2. The number of methoxy groups -OCH3 is 1. The quantitative estimate of drug-likeness (QED) is 0.283. The first-order valence-electron chi connectivity index (χ1n) is 9.98. The van der Waals surface area contributed by atoms with E-state index in [4.69, 9.17) is 21.1 Å². The molecule has 0 spiro atoms. The van der Waals surface area contributed by atoms with Crippen LogP contribution in [0.15, 0.2) is 71.8 Å². The molecular formula is C24H23ClN4O2. The van der Waals surface area contributed by atoms with Crippen molar-refractivity contribution in [3.8, 4) is 11.5 Å². The molecule has 0 amide bonds. The van der Waals surface area contributed by atoms with Crippen LogP contribution in [0.2, 0.25) is 5.02 Å². The minimum atomic E-state index is 0.359. The van der Waals surface area contributed by atoms with Crippen molar-refractivity contribution in [2.45, 2.75) is 20.1 Å². The van der Waals surface area contributed by atoms with Crippen molar-refractivity contribution in [2.75, 3.05) is 12.5 Å². The Morgan fingerprint density at radius 2 is 1.87 bits per heavy atom. The number of hydrogen-bond donors (Lipinski definition) is 1. The van der Waals surface area contributed by atoms with Gasteiger partial charge in [-0.25, -0.2) is 10.4 Å². The van der Waals surface area contributed by atoms with Gasteiger partial charge in [-0.05, 0) is 48.9 Å². The van der Waals surface area contributed by atoms with Gasteiger partial charge in [-0.15, -0.1) is 0 Å². The summed E-state index contributed by atoms with van der Waals surface area (Å²) in [5, 5.41) is 5.03. The van der Waals surface area contributed by atoms with Crippen molar-refractivity contribution in [1.82, 2.24) is 9.55 Å². The second-order valence-electron chi connectivity index (χ2n) is 6.83. The summed E-state index contributed by atoms with van der Waals surface area (Å²) in [5.41, 5.74) is 6.83. The molecule has 3 aromatic carbocycles. The smallest absolute Gasteiger partial charge is 0.224 e. The number of hydrazone groups is 1. The molecule has 0 aliphatic carbocycles. The largest absolute Gasteiger partial charge is 0.493 e. The molecule has 0 bridgehead atoms. The van der Waals surface area contributed by atoms with Crippen molar-refractivity contribution < 1.29 is 9.47 Å². The van der Waals surface area contributed by atoms with Crippen LogP contribution < -0.4 is 14.9 Å². The summed E-state index contributed by atoms with van der Waals surface area (Å²) in [6, 6.07) is 21.3. The van der Waals surface area contributed by atoms with Gasteiger partial charge in [0.05, 0.1) is 24.4 Å². The fraction of sp³-hybridized carbons (Fsp3) is 0.167. The molecule has 1 N–H and O–H groups in total. The van der Waals surface area contributed by atoms with E-state index in [1.807, 2.05) is 66.7 Å². The highest BCUT2D eigenvalue weighted by Gasteiger charge is 2.09. The fourth-order valence-corrected chi connectivity index (χ4v) is 3.49. The van der Waals surface area contributed by atoms with E-state index in [0.717, 1.165) is 28.7 Å². The van der Waals surface area contributed by atoms with Crippen molar-refractivity contribution in [3.05, 3.63) is 82.9 Å². The van der Waals surface area contributed by atoms with E-state index in [1.165, 1.54) is 0 Å². The van der Waals surface area contributed by atoms with Crippen molar-refractivity contribution in [1.29, 1.82) is 0 Å². The van der Waals surface area contributed by atoms with Gasteiger partial charge < -0.3 is 14.0 Å². The highest BCUT2D eigenvalue weighted by molar-refractivity contribution is 6.31. The Kier molecular flexibility index (Phi) is 6.38. The Hall–Kier alpha value is -3.51. The predicted octanol–water partition coefficient (Wildman–Crippen LogP) is 5.74. The number of imidazole rings is 1. The Bertz CT molecular complexity index is 1220. The zero-order chi connectivity index (χ0) is 21.6. The Morgan fingerprint density at radius 1 is 1.06 bits per heavy atom. The van der Waals surface area contributed by atoms with Crippen molar-refractivity contribution in [3.63, 3.8) is 0 Å². The second-order valence-corrected chi connectivity index (χ2v) is 7.24. The van der Waals surface area contributed by atoms with Crippen LogP contribution in [-0.2, 0) is 13.2 Å². The molecule has 0 atom stereocenters. The first-order valence-corrected chi connectivity index (χ1v) is 10.4. The Morgan fingerprint density at radius 3 is 2.68 bits per heavy atom. The number of ether oxygens (including phenoxy) is 2. The van der Waals surface area contributed by atoms with Gasteiger partial charge in [0.25, 0.3) is 0 Å². The number of nitrogens with zero attached hydrogens (tertiary/aromatic N) is 3. The third-order valence-corrected chi connectivity index (χ3v) is 5.25. The van der Waals surface area contributed by atoms with Crippen molar-refractivity contribution in [2.24, 2.45) is 5.10 Å². The SMILES string of the molecule is CCn1c(N/N=C\c2ccc(OCc3ccccc3Cl)c(OC)c2)nc2ccccc21. The molecule has 4 rings (SSSR count). The van der Waals surface area contributed by atoms with E-state index >= 15 is 0 Å². The maximum Gasteiger partial charge on any atom is 0.224 e. The Labute approximate surface area is 186 Å². The van der Waals surface area contributed by atoms with Crippen LogP contribution in [-0.4, -0.2) is 22.9 Å². The lowest BCUT2D eigenvalue weighted by Crippen LogP contribution is -2.02. The molecule has 0 radical (unpaired) electrons. The van der Waals surface area contributed by atoms with Gasteiger partial charge in [0.2, 0.25) is 5.95 Å². The van der Waals surface area contributed by atoms with Gasteiger partial charge in [-0.2, -0.15) is 5.10 Å². The molecule has 158 valence electrons. The van der Waals surface area contributed by atoms with Gasteiger partial charge >= 0.3 is 0 Å². The number of benzene rings is 3. The molecule has 6 nitrogen and oxygen atoms in total. The second kappa shape index (κ2) is 9.53. The summed E-state index contributed by atoms with van der Waals surface area (Å²) in [6.07, 6.45) is 1.72. The minimum absolute atomic E-state index is 0.359. The van der Waals surface area contributed by atoms with Gasteiger partial charge in [0, 0.05) is 17.1 Å². The molecule has 0 aliphatic rings. The maximum absolute atomic E-state index is 6.20. The average molecular weight is 435 g/mol. The molecule has 1 heterocycles. The number of fused-ring (bicyclic) bond motifs is 1. The third-order valence-electron chi connectivity index (χ3n) is 4.88. The molecular weight excluding hydrogens is 412 g/mol. The summed E-state index contributed by atoms with van der Waals surface area (Å²) in [6.45, 7) is 3.23. The lowest BCUT2D eigenvalue weighted by Gasteiger charge is -2.12. The number of hydrogen-bond acceptors (Lipinski definition) is 5. The zero-order valence-corrected chi connectivity index (χ0v) is 18.1. The zero-order valence-electron chi connectivity index (χ0n) is 17.4. The van der Waals surface area contributed by atoms with Crippen molar-refractivity contribution >= 4 is 34.8 Å². The van der Waals surface area contributed by atoms with Crippen LogP contribution >= 0.6 is 11.6 Å². The molecule has 0 saturated heterocycles. The van der Waals surface area contributed by atoms with Crippen LogP contribution in [0.4, 0.5) is 5.95 Å². The summed E-state index contributed by atoms with van der Waals surface area (Å²) in [7, 11) is 1.61. The topological polar surface area (TPSA) is 60.7 Å². The normalized spacial score (nSPS) is 11.2. The van der Waals surface area contributed by atoms with Crippen LogP contribution in [0.5, 0.6) is 11.5 Å². The van der Waals surface area contributed by atoms with Gasteiger partial charge in [0.1, 0.15) is 6.61 Å². The van der Waals surface area contributed by atoms with E-state index in [9.17, 15) is 0 Å². The highest BCUT2D eigenvalue weighted by Crippen LogP contribution is 2.29. The molecule has 0 saturated carbocycles. The molecule has 0 fully saturated rings. The third kappa shape index (κ3) is 4.64. The van der Waals surface area contributed by atoms with E-state index < -0.39 is 0 Å². The highest BCUT2D eigenvalue weighted by atomic mass is 35.5. The lowest BCUT2D eigenvalue weighted by molar-refractivity contribution is 0.284. The summed E-state index contributed by atoms with van der Waals surface area (Å²) >= 11 is 6.20. The Balaban J connectivity index is 1.47. The lowest BCUT2D eigenvalue weighted by atomic mass is 10.2. The number of halogens is 1. The van der Waals surface area contributed by atoms with E-state index in [-0.39, 0.29) is 0 Å². The number of aromatic nitrogens is 2. The molecule has 0 unspecified atom stereocenters. The molecule has 31 heavy (non-hydrogen) atoms. The van der Waals surface area contributed by atoms with Gasteiger partial charge in [-0.3, -0.25) is 0 Å².